The SMILES string of the molecule is Cc1cc(=O)c(C(=O)NCc2ccc(N3CCSCC3)cc2)nn1-c1cccc(C(F)(F)F)c1. The van der Waals surface area contributed by atoms with Crippen LogP contribution in [-0.2, 0) is 12.7 Å². The van der Waals surface area contributed by atoms with Crippen LogP contribution in [0.1, 0.15) is 27.3 Å². The van der Waals surface area contributed by atoms with E-state index in [2.05, 4.69) is 15.3 Å². The van der Waals surface area contributed by atoms with Crippen LogP contribution < -0.4 is 15.6 Å². The molecule has 2 aromatic carbocycles. The van der Waals surface area contributed by atoms with Gasteiger partial charge >= 0.3 is 6.18 Å². The number of carbonyl (C=O) groups is 1. The minimum absolute atomic E-state index is 0.105. The molecule has 0 aliphatic carbocycles. The van der Waals surface area contributed by atoms with Crippen molar-refractivity contribution in [1.29, 1.82) is 0 Å². The highest BCUT2D eigenvalue weighted by atomic mass is 32.2. The molecule has 3 aromatic rings. The van der Waals surface area contributed by atoms with Gasteiger partial charge in [-0.05, 0) is 42.8 Å². The van der Waals surface area contributed by atoms with Crippen molar-refractivity contribution in [2.45, 2.75) is 19.6 Å². The second-order valence-corrected chi connectivity index (χ2v) is 9.13. The minimum atomic E-state index is -4.52. The van der Waals surface area contributed by atoms with Gasteiger partial charge < -0.3 is 10.2 Å². The van der Waals surface area contributed by atoms with Crippen molar-refractivity contribution >= 4 is 23.4 Å². The Bertz CT molecular complexity index is 1240. The monoisotopic (exact) mass is 488 g/mol. The number of thioether (sulfide) groups is 1. The zero-order chi connectivity index (χ0) is 24.3. The third-order valence-corrected chi connectivity index (χ3v) is 6.45. The Morgan fingerprint density at radius 2 is 1.76 bits per heavy atom. The van der Waals surface area contributed by atoms with E-state index in [4.69, 9.17) is 0 Å². The maximum absolute atomic E-state index is 13.1. The number of anilines is 1. The van der Waals surface area contributed by atoms with Crippen molar-refractivity contribution in [1.82, 2.24) is 15.1 Å². The molecule has 10 heteroatoms. The summed E-state index contributed by atoms with van der Waals surface area (Å²) < 4.78 is 40.5. The molecule has 4 rings (SSSR count). The lowest BCUT2D eigenvalue weighted by Gasteiger charge is -2.28. The molecule has 6 nitrogen and oxygen atoms in total. The Labute approximate surface area is 198 Å². The lowest BCUT2D eigenvalue weighted by atomic mass is 10.2. The summed E-state index contributed by atoms with van der Waals surface area (Å²) in [5.41, 5.74) is 0.568. The number of aromatic nitrogens is 2. The van der Waals surface area contributed by atoms with Gasteiger partial charge in [0, 0.05) is 48.6 Å². The summed E-state index contributed by atoms with van der Waals surface area (Å²) in [4.78, 5) is 27.4. The van der Waals surface area contributed by atoms with Crippen LogP contribution in [0, 0.1) is 6.92 Å². The fraction of sp³-hybridized carbons (Fsp3) is 0.292. The van der Waals surface area contributed by atoms with Crippen molar-refractivity contribution in [2.75, 3.05) is 29.5 Å². The van der Waals surface area contributed by atoms with Crippen molar-refractivity contribution < 1.29 is 18.0 Å². The van der Waals surface area contributed by atoms with Crippen LogP contribution in [0.5, 0.6) is 0 Å². The number of nitrogens with zero attached hydrogens (tertiary/aromatic N) is 3. The number of carbonyl (C=O) groups excluding carboxylic acids is 1. The molecule has 1 fully saturated rings. The molecule has 0 atom stereocenters. The predicted molar refractivity (Wildman–Crippen MR) is 127 cm³/mol. The maximum atomic E-state index is 13.1. The summed E-state index contributed by atoms with van der Waals surface area (Å²) in [5, 5.41) is 6.75. The topological polar surface area (TPSA) is 67.2 Å². The van der Waals surface area contributed by atoms with Gasteiger partial charge in [0.2, 0.25) is 5.43 Å². The summed E-state index contributed by atoms with van der Waals surface area (Å²) in [6.07, 6.45) is -4.52. The number of rotatable bonds is 5. The molecular weight excluding hydrogens is 465 g/mol. The molecule has 0 unspecified atom stereocenters. The Morgan fingerprint density at radius 3 is 2.44 bits per heavy atom. The predicted octanol–water partition coefficient (Wildman–Crippen LogP) is 4.04. The molecule has 1 aromatic heterocycles. The zero-order valence-corrected chi connectivity index (χ0v) is 19.2. The van der Waals surface area contributed by atoms with E-state index in [0.29, 0.717) is 5.69 Å². The van der Waals surface area contributed by atoms with Crippen LogP contribution in [0.3, 0.4) is 0 Å². The Balaban J connectivity index is 1.50. The van der Waals surface area contributed by atoms with Gasteiger partial charge in [-0.25, -0.2) is 4.68 Å². The summed E-state index contributed by atoms with van der Waals surface area (Å²) >= 11 is 1.94. The molecule has 1 aliphatic heterocycles. The summed E-state index contributed by atoms with van der Waals surface area (Å²) in [5.74, 6) is 1.50. The van der Waals surface area contributed by atoms with Crippen molar-refractivity contribution in [2.24, 2.45) is 0 Å². The highest BCUT2D eigenvalue weighted by Crippen LogP contribution is 2.30. The van der Waals surface area contributed by atoms with Crippen LogP contribution >= 0.6 is 11.8 Å². The van der Waals surface area contributed by atoms with Gasteiger partial charge in [0.15, 0.2) is 5.69 Å². The fourth-order valence-electron chi connectivity index (χ4n) is 3.69. The quantitative estimate of drug-likeness (QED) is 0.587. The molecule has 178 valence electrons. The Morgan fingerprint density at radius 1 is 1.06 bits per heavy atom. The molecule has 34 heavy (non-hydrogen) atoms. The molecule has 1 amide bonds. The average Bonchev–Trinajstić information content (AvgIpc) is 2.83. The molecule has 0 spiro atoms. The van der Waals surface area contributed by atoms with E-state index in [-0.39, 0.29) is 17.9 Å². The van der Waals surface area contributed by atoms with Crippen molar-refractivity contribution in [3.05, 3.63) is 87.3 Å². The van der Waals surface area contributed by atoms with Gasteiger partial charge in [0.05, 0.1) is 11.3 Å². The van der Waals surface area contributed by atoms with Crippen LogP contribution in [0.25, 0.3) is 5.69 Å². The molecule has 0 bridgehead atoms. The number of amides is 1. The molecule has 1 aliphatic rings. The number of nitrogens with one attached hydrogen (secondary N) is 1. The summed E-state index contributed by atoms with van der Waals surface area (Å²) in [6, 6.07) is 13.6. The molecule has 0 radical (unpaired) electrons. The third kappa shape index (κ3) is 5.44. The first kappa shape index (κ1) is 23.9. The van der Waals surface area contributed by atoms with E-state index in [1.165, 1.54) is 18.2 Å². The van der Waals surface area contributed by atoms with E-state index in [1.807, 2.05) is 36.0 Å². The van der Waals surface area contributed by atoms with Crippen LogP contribution in [0.4, 0.5) is 18.9 Å². The lowest BCUT2D eigenvalue weighted by Crippen LogP contribution is -2.32. The first-order chi connectivity index (χ1) is 16.2. The van der Waals surface area contributed by atoms with Crippen molar-refractivity contribution in [3.63, 3.8) is 0 Å². The second-order valence-electron chi connectivity index (χ2n) is 7.91. The first-order valence-electron chi connectivity index (χ1n) is 10.7. The van der Waals surface area contributed by atoms with Gasteiger partial charge in [-0.1, -0.05) is 18.2 Å². The van der Waals surface area contributed by atoms with Crippen LogP contribution in [0.2, 0.25) is 0 Å². The highest BCUT2D eigenvalue weighted by molar-refractivity contribution is 7.99. The standard InChI is InChI=1S/C24H23F3N4O2S/c1-16-13-21(32)22(29-31(16)20-4-2-3-18(14-20)24(25,26)27)23(33)28-15-17-5-7-19(8-6-17)30-9-11-34-12-10-30/h2-8,13-14H,9-12,15H2,1H3,(H,28,33). The third-order valence-electron chi connectivity index (χ3n) is 5.51. The summed E-state index contributed by atoms with van der Waals surface area (Å²) in [6.45, 7) is 3.72. The average molecular weight is 489 g/mol. The molecular formula is C24H23F3N4O2S. The fourth-order valence-corrected chi connectivity index (χ4v) is 4.60. The molecule has 1 N–H and O–H groups in total. The van der Waals surface area contributed by atoms with Gasteiger partial charge in [-0.3, -0.25) is 9.59 Å². The number of halogens is 3. The molecule has 2 heterocycles. The van der Waals surface area contributed by atoms with Gasteiger partial charge in [0.1, 0.15) is 0 Å². The number of alkyl halides is 3. The molecule has 1 saturated heterocycles. The van der Waals surface area contributed by atoms with Gasteiger partial charge in [-0.15, -0.1) is 0 Å². The second kappa shape index (κ2) is 9.92. The summed E-state index contributed by atoms with van der Waals surface area (Å²) in [7, 11) is 0. The van der Waals surface area contributed by atoms with E-state index in [0.717, 1.165) is 52.7 Å². The Hall–Kier alpha value is -3.27. The molecule has 0 saturated carbocycles. The van der Waals surface area contributed by atoms with Crippen LogP contribution in [0.15, 0.2) is 59.4 Å². The smallest absolute Gasteiger partial charge is 0.370 e. The largest absolute Gasteiger partial charge is 0.416 e. The maximum Gasteiger partial charge on any atom is 0.416 e. The van der Waals surface area contributed by atoms with E-state index >= 15 is 0 Å². The Kier molecular flexibility index (Phi) is 6.97. The number of aryl methyl sites for hydroxylation is 1. The van der Waals surface area contributed by atoms with E-state index < -0.39 is 23.1 Å². The van der Waals surface area contributed by atoms with E-state index in [1.54, 1.807) is 6.92 Å². The van der Waals surface area contributed by atoms with Crippen LogP contribution in [-0.4, -0.2) is 40.3 Å². The number of benzene rings is 2. The normalized spacial score (nSPS) is 14.2. The minimum Gasteiger partial charge on any atom is -0.370 e. The number of hydrogen-bond acceptors (Lipinski definition) is 5. The lowest BCUT2D eigenvalue weighted by molar-refractivity contribution is -0.137. The number of hydrogen-bond donors (Lipinski definition) is 1. The van der Waals surface area contributed by atoms with E-state index in [9.17, 15) is 22.8 Å². The first-order valence-corrected chi connectivity index (χ1v) is 11.9. The van der Waals surface area contributed by atoms with Gasteiger partial charge in [-0.2, -0.15) is 30.0 Å². The van der Waals surface area contributed by atoms with Crippen molar-refractivity contribution in [3.8, 4) is 5.69 Å². The highest BCUT2D eigenvalue weighted by Gasteiger charge is 2.30. The zero-order valence-electron chi connectivity index (χ0n) is 18.4. The van der Waals surface area contributed by atoms with Gasteiger partial charge in [0.25, 0.3) is 5.91 Å².